The monoisotopic (exact) mass is 520 g/mol. The highest BCUT2D eigenvalue weighted by Crippen LogP contribution is 2.22. The molecule has 0 saturated heterocycles. The second-order valence-corrected chi connectivity index (χ2v) is 8.53. The highest BCUT2D eigenvalue weighted by Gasteiger charge is 2.16. The zero-order chi connectivity index (χ0) is 24.7. The van der Waals surface area contributed by atoms with E-state index in [1.54, 1.807) is 16.7 Å². The first-order valence-electron chi connectivity index (χ1n) is 9.71. The number of carbonyl (C=O) groups is 2. The van der Waals surface area contributed by atoms with Gasteiger partial charge >= 0.3 is 0 Å². The highest BCUT2D eigenvalue weighted by molar-refractivity contribution is 7.99. The van der Waals surface area contributed by atoms with E-state index in [2.05, 4.69) is 27.4 Å². The van der Waals surface area contributed by atoms with Crippen LogP contribution in [0.4, 0.5) is 11.4 Å². The maximum Gasteiger partial charge on any atom is 0.269 e. The molecule has 176 valence electrons. The first kappa shape index (κ1) is 25.2. The third kappa shape index (κ3) is 6.56. The molecule has 3 aromatic rings. The van der Waals surface area contributed by atoms with Crippen molar-refractivity contribution in [2.75, 3.05) is 11.1 Å². The number of amides is 2. The Morgan fingerprint density at radius 2 is 1.91 bits per heavy atom. The zero-order valence-corrected chi connectivity index (χ0v) is 19.9. The molecule has 3 rings (SSSR count). The van der Waals surface area contributed by atoms with Crippen LogP contribution in [0.5, 0.6) is 0 Å². The maximum atomic E-state index is 12.5. The summed E-state index contributed by atoms with van der Waals surface area (Å²) in [5.41, 5.74) is 0.647. The van der Waals surface area contributed by atoms with Gasteiger partial charge in [-0.15, -0.1) is 16.8 Å². The Hall–Kier alpha value is -3.41. The average Bonchev–Trinajstić information content (AvgIpc) is 3.18. The highest BCUT2D eigenvalue weighted by atomic mass is 35.5. The van der Waals surface area contributed by atoms with Gasteiger partial charge in [-0.2, -0.15) is 0 Å². The van der Waals surface area contributed by atoms with Crippen LogP contribution in [0.3, 0.4) is 0 Å². The lowest BCUT2D eigenvalue weighted by molar-refractivity contribution is -0.384. The Bertz CT molecular complexity index is 1230. The van der Waals surface area contributed by atoms with E-state index in [9.17, 15) is 19.7 Å². The summed E-state index contributed by atoms with van der Waals surface area (Å²) >= 11 is 13.1. The Morgan fingerprint density at radius 1 is 1.18 bits per heavy atom. The lowest BCUT2D eigenvalue weighted by atomic mass is 10.2. The van der Waals surface area contributed by atoms with Crippen molar-refractivity contribution >= 4 is 58.2 Å². The molecule has 1 heterocycles. The normalized spacial score (nSPS) is 10.5. The number of allylic oxidation sites excluding steroid dienone is 1. The van der Waals surface area contributed by atoms with E-state index in [1.165, 1.54) is 36.4 Å². The molecule has 0 atom stereocenters. The fourth-order valence-corrected chi connectivity index (χ4v) is 4.05. The minimum absolute atomic E-state index is 0.0268. The number of nitrogens with zero attached hydrogens (tertiary/aromatic N) is 4. The third-order valence-electron chi connectivity index (χ3n) is 4.38. The number of hydrogen-bond donors (Lipinski definition) is 2. The molecule has 2 N–H and O–H groups in total. The second kappa shape index (κ2) is 11.6. The van der Waals surface area contributed by atoms with E-state index in [-0.39, 0.29) is 34.5 Å². The van der Waals surface area contributed by atoms with Gasteiger partial charge in [-0.05, 0) is 30.3 Å². The molecule has 2 amide bonds. The summed E-state index contributed by atoms with van der Waals surface area (Å²) in [6.07, 6.45) is 1.64. The van der Waals surface area contributed by atoms with Crippen LogP contribution in [-0.2, 0) is 17.9 Å². The molecule has 1 aromatic heterocycles. The fraction of sp³-hybridized carbons (Fsp3) is 0.143. The third-order valence-corrected chi connectivity index (χ3v) is 5.90. The molecule has 2 aromatic carbocycles. The van der Waals surface area contributed by atoms with Crippen molar-refractivity contribution in [3.05, 3.63) is 86.7 Å². The van der Waals surface area contributed by atoms with Gasteiger partial charge in [-0.1, -0.05) is 41.0 Å². The van der Waals surface area contributed by atoms with Crippen molar-refractivity contribution in [2.45, 2.75) is 18.2 Å². The minimum atomic E-state index is -0.516. The number of anilines is 1. The molecule has 10 nitrogen and oxygen atoms in total. The van der Waals surface area contributed by atoms with Gasteiger partial charge in [0.05, 0.1) is 27.8 Å². The van der Waals surface area contributed by atoms with Gasteiger partial charge in [-0.25, -0.2) is 0 Å². The smallest absolute Gasteiger partial charge is 0.269 e. The number of rotatable bonds is 10. The van der Waals surface area contributed by atoms with Gasteiger partial charge in [0, 0.05) is 29.4 Å². The van der Waals surface area contributed by atoms with Gasteiger partial charge in [-0.3, -0.25) is 19.7 Å². The lowest BCUT2D eigenvalue weighted by Crippen LogP contribution is -2.25. The van der Waals surface area contributed by atoms with E-state index < -0.39 is 10.8 Å². The SMILES string of the molecule is C=CCn1c(CNC(=O)c2ccc(Cl)cc2Cl)nnc1SCC(=O)Nc1ccc([N+](=O)[O-])cc1. The first-order chi connectivity index (χ1) is 16.3. The lowest BCUT2D eigenvalue weighted by Gasteiger charge is -2.10. The van der Waals surface area contributed by atoms with Gasteiger partial charge < -0.3 is 15.2 Å². The van der Waals surface area contributed by atoms with Crippen molar-refractivity contribution in [1.29, 1.82) is 0 Å². The Kier molecular flexibility index (Phi) is 8.63. The molecule has 0 unspecified atom stereocenters. The van der Waals surface area contributed by atoms with E-state index >= 15 is 0 Å². The van der Waals surface area contributed by atoms with Crippen LogP contribution in [0.1, 0.15) is 16.2 Å². The van der Waals surface area contributed by atoms with Crippen LogP contribution in [-0.4, -0.2) is 37.3 Å². The quantitative estimate of drug-likeness (QED) is 0.176. The van der Waals surface area contributed by atoms with E-state index in [4.69, 9.17) is 23.2 Å². The zero-order valence-electron chi connectivity index (χ0n) is 17.5. The largest absolute Gasteiger partial charge is 0.345 e. The number of non-ortho nitro benzene ring substituents is 1. The molecule has 0 radical (unpaired) electrons. The summed E-state index contributed by atoms with van der Waals surface area (Å²) in [7, 11) is 0. The van der Waals surface area contributed by atoms with Crippen molar-refractivity contribution in [2.24, 2.45) is 0 Å². The maximum absolute atomic E-state index is 12.5. The summed E-state index contributed by atoms with van der Waals surface area (Å²) in [6, 6.07) is 10.1. The summed E-state index contributed by atoms with van der Waals surface area (Å²) < 4.78 is 1.72. The number of thioether (sulfide) groups is 1. The number of hydrogen-bond acceptors (Lipinski definition) is 7. The number of nitro groups is 1. The van der Waals surface area contributed by atoms with E-state index in [1.807, 2.05) is 0 Å². The molecular weight excluding hydrogens is 503 g/mol. The fourth-order valence-electron chi connectivity index (χ4n) is 2.79. The van der Waals surface area contributed by atoms with Gasteiger partial charge in [0.1, 0.15) is 0 Å². The molecule has 0 saturated carbocycles. The first-order valence-corrected chi connectivity index (χ1v) is 11.5. The van der Waals surface area contributed by atoms with E-state index in [0.29, 0.717) is 28.2 Å². The summed E-state index contributed by atoms with van der Waals surface area (Å²) in [5.74, 6) is -0.221. The molecule has 0 bridgehead atoms. The average molecular weight is 521 g/mol. The Labute approximate surface area is 208 Å². The Balaban J connectivity index is 1.60. The Morgan fingerprint density at radius 3 is 2.56 bits per heavy atom. The predicted molar refractivity (Wildman–Crippen MR) is 130 cm³/mol. The number of nitrogens with one attached hydrogen (secondary N) is 2. The van der Waals surface area contributed by atoms with Crippen LogP contribution in [0.2, 0.25) is 10.0 Å². The van der Waals surface area contributed by atoms with Crippen molar-refractivity contribution in [3.63, 3.8) is 0 Å². The second-order valence-electron chi connectivity index (χ2n) is 6.75. The minimum Gasteiger partial charge on any atom is -0.345 e. The number of carbonyl (C=O) groups excluding carboxylic acids is 2. The van der Waals surface area contributed by atoms with Gasteiger partial charge in [0.15, 0.2) is 11.0 Å². The van der Waals surface area contributed by atoms with Crippen molar-refractivity contribution < 1.29 is 14.5 Å². The molecule has 0 aliphatic carbocycles. The summed E-state index contributed by atoms with van der Waals surface area (Å²) in [4.78, 5) is 35.0. The number of benzene rings is 2. The van der Waals surface area contributed by atoms with Crippen LogP contribution >= 0.6 is 35.0 Å². The molecule has 13 heteroatoms. The number of aromatic nitrogens is 3. The van der Waals surface area contributed by atoms with Crippen molar-refractivity contribution in [1.82, 2.24) is 20.1 Å². The number of halogens is 2. The van der Waals surface area contributed by atoms with Crippen LogP contribution < -0.4 is 10.6 Å². The van der Waals surface area contributed by atoms with Crippen molar-refractivity contribution in [3.8, 4) is 0 Å². The molecule has 0 aliphatic rings. The van der Waals surface area contributed by atoms with Crippen LogP contribution in [0.15, 0.2) is 60.3 Å². The van der Waals surface area contributed by atoms with Gasteiger partial charge in [0.25, 0.3) is 11.6 Å². The van der Waals surface area contributed by atoms with Gasteiger partial charge in [0.2, 0.25) is 5.91 Å². The summed E-state index contributed by atoms with van der Waals surface area (Å²) in [5, 5.41) is 25.5. The molecule has 0 fully saturated rings. The molecule has 0 spiro atoms. The topological polar surface area (TPSA) is 132 Å². The number of nitro benzene ring substituents is 1. The van der Waals surface area contributed by atoms with Crippen LogP contribution in [0, 0.1) is 10.1 Å². The molecule has 34 heavy (non-hydrogen) atoms. The standard InChI is InChI=1S/C21H18Cl2N6O4S/c1-2-9-28-18(11-24-20(31)16-8-3-13(22)10-17(16)23)26-27-21(28)34-12-19(30)25-14-4-6-15(7-5-14)29(32)33/h2-8,10H,1,9,11-12H2,(H,24,31)(H,25,30). The molecular formula is C21H18Cl2N6O4S. The summed E-state index contributed by atoms with van der Waals surface area (Å²) in [6.45, 7) is 4.17. The van der Waals surface area contributed by atoms with Crippen LogP contribution in [0.25, 0.3) is 0 Å². The van der Waals surface area contributed by atoms with E-state index in [0.717, 1.165) is 11.8 Å². The predicted octanol–water partition coefficient (Wildman–Crippen LogP) is 4.34. The molecule has 0 aliphatic heterocycles.